The first kappa shape index (κ1) is 21.2. The maximum atomic E-state index is 13.3. The van der Waals surface area contributed by atoms with Crippen molar-refractivity contribution in [1.82, 2.24) is 5.48 Å². The van der Waals surface area contributed by atoms with Gasteiger partial charge < -0.3 is 14.3 Å². The van der Waals surface area contributed by atoms with Gasteiger partial charge in [0.05, 0.1) is 5.56 Å². The van der Waals surface area contributed by atoms with Crippen molar-refractivity contribution in [2.45, 2.75) is 27.1 Å². The number of rotatable bonds is 10. The maximum Gasteiger partial charge on any atom is 0.197 e. The number of hydroxylamine groups is 1. The Hall–Kier alpha value is -2.15. The Morgan fingerprint density at radius 2 is 1.78 bits per heavy atom. The average Bonchev–Trinajstić information content (AvgIpc) is 2.66. The molecule has 0 aliphatic heterocycles. The van der Waals surface area contributed by atoms with E-state index < -0.39 is 6.29 Å². The molecule has 0 saturated heterocycles. The number of halogens is 1. The molecule has 0 saturated carbocycles. The zero-order valence-corrected chi connectivity index (χ0v) is 17.3. The first-order valence-corrected chi connectivity index (χ1v) is 9.51. The van der Waals surface area contributed by atoms with E-state index in [1.807, 2.05) is 32.0 Å². The number of ether oxygens (including phenoxy) is 2. The van der Waals surface area contributed by atoms with Gasteiger partial charge in [0, 0.05) is 34.5 Å². The molecule has 5 nitrogen and oxygen atoms in total. The molecule has 2 rings (SSSR count). The summed E-state index contributed by atoms with van der Waals surface area (Å²) in [6.45, 7) is 10.2. The van der Waals surface area contributed by atoms with E-state index in [-0.39, 0.29) is 5.78 Å². The first-order chi connectivity index (χ1) is 13.0. The molecule has 0 amide bonds. The second-order valence-corrected chi connectivity index (χ2v) is 6.70. The highest BCUT2D eigenvalue weighted by atomic mass is 79.9. The number of nitrogens with one attached hydrogen (secondary N) is 1. The van der Waals surface area contributed by atoms with Gasteiger partial charge in [0.15, 0.2) is 17.8 Å². The molecule has 0 atom stereocenters. The average molecular weight is 434 g/mol. The third kappa shape index (κ3) is 5.66. The van der Waals surface area contributed by atoms with Crippen LogP contribution < -0.4 is 10.3 Å². The van der Waals surface area contributed by atoms with Gasteiger partial charge in [-0.25, -0.2) is 5.48 Å². The number of carbonyl (C=O) groups is 1. The largest absolute Gasteiger partial charge is 0.382 e. The lowest BCUT2D eigenvalue weighted by molar-refractivity contribution is -0.140. The third-order valence-corrected chi connectivity index (χ3v) is 4.11. The quantitative estimate of drug-likeness (QED) is 0.318. The van der Waals surface area contributed by atoms with Crippen LogP contribution in [0.5, 0.6) is 5.75 Å². The molecule has 2 aromatic rings. The number of allylic oxidation sites excluding steroid dienone is 1. The van der Waals surface area contributed by atoms with E-state index >= 15 is 0 Å². The SMILES string of the molecule is C=C(C)NOc1cc(Br)ccc1C(=O)c1ccccc1C(OCC)OCC. The zero-order valence-electron chi connectivity index (χ0n) is 15.8. The molecule has 2 aromatic carbocycles. The molecular weight excluding hydrogens is 410 g/mol. The van der Waals surface area contributed by atoms with Crippen LogP contribution in [0.2, 0.25) is 0 Å². The molecule has 0 bridgehead atoms. The maximum absolute atomic E-state index is 13.3. The van der Waals surface area contributed by atoms with Crippen LogP contribution in [0.1, 0.15) is 48.5 Å². The van der Waals surface area contributed by atoms with Gasteiger partial charge in [-0.15, -0.1) is 0 Å². The van der Waals surface area contributed by atoms with Gasteiger partial charge >= 0.3 is 0 Å². The van der Waals surface area contributed by atoms with E-state index in [9.17, 15) is 4.79 Å². The van der Waals surface area contributed by atoms with Crippen molar-refractivity contribution in [3.05, 3.63) is 75.9 Å². The number of hydrogen-bond acceptors (Lipinski definition) is 5. The number of ketones is 1. The minimum atomic E-state index is -0.603. The standard InChI is InChI=1S/C21H24BrNO4/c1-5-25-21(26-6-2)17-10-8-7-9-16(17)20(24)18-12-11-15(22)13-19(18)27-23-14(3)4/h7-13,21,23H,3,5-6H2,1-2,4H3. The summed E-state index contributed by atoms with van der Waals surface area (Å²) in [5, 5.41) is 0. The van der Waals surface area contributed by atoms with E-state index in [4.69, 9.17) is 14.3 Å². The number of carbonyl (C=O) groups excluding carboxylic acids is 1. The lowest BCUT2D eigenvalue weighted by atomic mass is 9.97. The van der Waals surface area contributed by atoms with E-state index in [0.717, 1.165) is 4.47 Å². The summed E-state index contributed by atoms with van der Waals surface area (Å²) < 4.78 is 12.2. The third-order valence-electron chi connectivity index (χ3n) is 3.62. The summed E-state index contributed by atoms with van der Waals surface area (Å²) in [5.41, 5.74) is 4.94. The summed E-state index contributed by atoms with van der Waals surface area (Å²) in [6, 6.07) is 12.5. The Labute approximate surface area is 168 Å². The summed E-state index contributed by atoms with van der Waals surface area (Å²) in [6.07, 6.45) is -0.603. The second kappa shape index (κ2) is 10.3. The van der Waals surface area contributed by atoms with Crippen LogP contribution in [0.15, 0.2) is 59.2 Å². The predicted octanol–water partition coefficient (Wildman–Crippen LogP) is 5.17. The van der Waals surface area contributed by atoms with Crippen molar-refractivity contribution in [3.63, 3.8) is 0 Å². The molecule has 144 valence electrons. The van der Waals surface area contributed by atoms with Gasteiger partial charge in [-0.2, -0.15) is 0 Å². The van der Waals surface area contributed by atoms with Gasteiger partial charge in [-0.1, -0.05) is 46.8 Å². The summed E-state index contributed by atoms with van der Waals surface area (Å²) >= 11 is 3.41. The van der Waals surface area contributed by atoms with Gasteiger partial charge in [0.1, 0.15) is 0 Å². The van der Waals surface area contributed by atoms with Crippen molar-refractivity contribution in [2.75, 3.05) is 13.2 Å². The molecule has 27 heavy (non-hydrogen) atoms. The van der Waals surface area contributed by atoms with Gasteiger partial charge in [-0.3, -0.25) is 4.79 Å². The fourth-order valence-corrected chi connectivity index (χ4v) is 2.84. The molecule has 0 fully saturated rings. The molecule has 0 spiro atoms. The topological polar surface area (TPSA) is 56.8 Å². The minimum Gasteiger partial charge on any atom is -0.382 e. The molecular formula is C21H24BrNO4. The molecule has 0 aromatic heterocycles. The van der Waals surface area contributed by atoms with Gasteiger partial charge in [-0.05, 0) is 39.0 Å². The monoisotopic (exact) mass is 433 g/mol. The number of hydrogen-bond donors (Lipinski definition) is 1. The van der Waals surface area contributed by atoms with Gasteiger partial charge in [0.2, 0.25) is 0 Å². The smallest absolute Gasteiger partial charge is 0.197 e. The molecule has 0 heterocycles. The Bertz CT molecular complexity index is 801. The van der Waals surface area contributed by atoms with Crippen molar-refractivity contribution >= 4 is 21.7 Å². The fourth-order valence-electron chi connectivity index (χ4n) is 2.50. The van der Waals surface area contributed by atoms with E-state index in [1.54, 1.807) is 31.2 Å². The Kier molecular flexibility index (Phi) is 8.03. The summed E-state index contributed by atoms with van der Waals surface area (Å²) in [5.74, 6) is 0.220. The molecule has 0 unspecified atom stereocenters. The minimum absolute atomic E-state index is 0.180. The zero-order chi connectivity index (χ0) is 19.8. The molecule has 6 heteroatoms. The van der Waals surface area contributed by atoms with Crippen LogP contribution in [0.3, 0.4) is 0 Å². The second-order valence-electron chi connectivity index (χ2n) is 5.78. The van der Waals surface area contributed by atoms with Crippen LogP contribution in [-0.2, 0) is 9.47 Å². The normalized spacial score (nSPS) is 10.7. The highest BCUT2D eigenvalue weighted by Crippen LogP contribution is 2.30. The highest BCUT2D eigenvalue weighted by Gasteiger charge is 2.23. The van der Waals surface area contributed by atoms with E-state index in [2.05, 4.69) is 28.0 Å². The van der Waals surface area contributed by atoms with Crippen LogP contribution in [0.4, 0.5) is 0 Å². The Morgan fingerprint density at radius 3 is 2.41 bits per heavy atom. The predicted molar refractivity (Wildman–Crippen MR) is 109 cm³/mol. The summed E-state index contributed by atoms with van der Waals surface area (Å²) in [4.78, 5) is 18.9. The van der Waals surface area contributed by atoms with Crippen LogP contribution in [0.25, 0.3) is 0 Å². The fraction of sp³-hybridized carbons (Fsp3) is 0.286. The molecule has 0 aliphatic carbocycles. The van der Waals surface area contributed by atoms with Gasteiger partial charge in [0.25, 0.3) is 0 Å². The van der Waals surface area contributed by atoms with Crippen molar-refractivity contribution in [1.29, 1.82) is 0 Å². The van der Waals surface area contributed by atoms with Crippen LogP contribution in [-0.4, -0.2) is 19.0 Å². The number of benzene rings is 2. The van der Waals surface area contributed by atoms with Crippen molar-refractivity contribution < 1.29 is 19.1 Å². The molecule has 0 radical (unpaired) electrons. The van der Waals surface area contributed by atoms with Crippen LogP contribution in [0, 0.1) is 0 Å². The van der Waals surface area contributed by atoms with Crippen LogP contribution >= 0.6 is 15.9 Å². The Morgan fingerprint density at radius 1 is 1.11 bits per heavy atom. The molecule has 1 N–H and O–H groups in total. The highest BCUT2D eigenvalue weighted by molar-refractivity contribution is 9.10. The lowest BCUT2D eigenvalue weighted by Crippen LogP contribution is -2.18. The Balaban J connectivity index is 2.45. The summed E-state index contributed by atoms with van der Waals surface area (Å²) in [7, 11) is 0. The first-order valence-electron chi connectivity index (χ1n) is 8.72. The van der Waals surface area contributed by atoms with Crippen molar-refractivity contribution in [3.8, 4) is 5.75 Å². The van der Waals surface area contributed by atoms with Crippen molar-refractivity contribution in [2.24, 2.45) is 0 Å². The van der Waals surface area contributed by atoms with E-state index in [0.29, 0.717) is 41.4 Å². The lowest BCUT2D eigenvalue weighted by Gasteiger charge is -2.20. The van der Waals surface area contributed by atoms with E-state index in [1.165, 1.54) is 0 Å². The molecule has 0 aliphatic rings.